The summed E-state index contributed by atoms with van der Waals surface area (Å²) in [5.41, 5.74) is 8.27. The molecule has 0 aliphatic heterocycles. The number of aromatic nitrogens is 3. The molecule has 0 saturated heterocycles. The second kappa shape index (κ2) is 7.90. The first-order valence-electron chi connectivity index (χ1n) is 7.64. The number of rotatable bonds is 8. The van der Waals surface area contributed by atoms with Gasteiger partial charge in [-0.15, -0.1) is 0 Å². The van der Waals surface area contributed by atoms with E-state index >= 15 is 0 Å². The predicted molar refractivity (Wildman–Crippen MR) is 84.6 cm³/mol. The quantitative estimate of drug-likeness (QED) is 0.808. The Balaban J connectivity index is 2.12. The molecule has 0 aliphatic carbocycles. The zero-order valence-corrected chi connectivity index (χ0v) is 12.9. The standard InChI is InChI=1S/C16H25N5/c1-3-9-21-12-14(11-19-21)16(10-17)20(4-2)13-15-7-5-6-8-18-15/h5-8,11-12,16H,3-4,9-10,13,17H2,1-2H3. The lowest BCUT2D eigenvalue weighted by molar-refractivity contribution is 0.201. The second-order valence-electron chi connectivity index (χ2n) is 5.17. The largest absolute Gasteiger partial charge is 0.329 e. The van der Waals surface area contributed by atoms with Crippen molar-refractivity contribution in [1.29, 1.82) is 0 Å². The Morgan fingerprint density at radius 3 is 2.81 bits per heavy atom. The lowest BCUT2D eigenvalue weighted by atomic mass is 10.1. The van der Waals surface area contributed by atoms with Crippen molar-refractivity contribution < 1.29 is 0 Å². The average molecular weight is 287 g/mol. The third-order valence-electron chi connectivity index (χ3n) is 3.65. The number of hydrogen-bond donors (Lipinski definition) is 1. The molecule has 0 saturated carbocycles. The van der Waals surface area contributed by atoms with Gasteiger partial charge in [0, 0.05) is 37.6 Å². The first-order chi connectivity index (χ1) is 10.3. The van der Waals surface area contributed by atoms with Crippen LogP contribution in [0.2, 0.25) is 0 Å². The zero-order chi connectivity index (χ0) is 15.1. The molecule has 2 N–H and O–H groups in total. The first kappa shape index (κ1) is 15.7. The van der Waals surface area contributed by atoms with E-state index < -0.39 is 0 Å². The van der Waals surface area contributed by atoms with E-state index in [1.165, 1.54) is 5.56 Å². The van der Waals surface area contributed by atoms with E-state index in [1.807, 2.05) is 29.2 Å². The van der Waals surface area contributed by atoms with Crippen LogP contribution in [0.4, 0.5) is 0 Å². The fourth-order valence-corrected chi connectivity index (χ4v) is 2.54. The fourth-order valence-electron chi connectivity index (χ4n) is 2.54. The fraction of sp³-hybridized carbons (Fsp3) is 0.500. The summed E-state index contributed by atoms with van der Waals surface area (Å²) in [4.78, 5) is 6.75. The van der Waals surface area contributed by atoms with Crippen molar-refractivity contribution in [3.05, 3.63) is 48.0 Å². The molecular formula is C16H25N5. The maximum atomic E-state index is 6.02. The second-order valence-corrected chi connectivity index (χ2v) is 5.17. The van der Waals surface area contributed by atoms with Gasteiger partial charge < -0.3 is 5.73 Å². The molecule has 2 aromatic rings. The van der Waals surface area contributed by atoms with E-state index in [9.17, 15) is 0 Å². The molecule has 2 rings (SSSR count). The average Bonchev–Trinajstić information content (AvgIpc) is 2.97. The van der Waals surface area contributed by atoms with Crippen LogP contribution in [0.25, 0.3) is 0 Å². The van der Waals surface area contributed by atoms with Crippen molar-refractivity contribution in [3.8, 4) is 0 Å². The number of nitrogens with zero attached hydrogens (tertiary/aromatic N) is 4. The summed E-state index contributed by atoms with van der Waals surface area (Å²) >= 11 is 0. The van der Waals surface area contributed by atoms with Gasteiger partial charge in [-0.2, -0.15) is 5.10 Å². The minimum Gasteiger partial charge on any atom is -0.329 e. The minimum absolute atomic E-state index is 0.183. The molecule has 0 radical (unpaired) electrons. The number of nitrogens with two attached hydrogens (primary N) is 1. The molecular weight excluding hydrogens is 262 g/mol. The van der Waals surface area contributed by atoms with Gasteiger partial charge in [0.05, 0.1) is 17.9 Å². The van der Waals surface area contributed by atoms with Crippen LogP contribution in [0, 0.1) is 0 Å². The molecule has 0 bridgehead atoms. The molecule has 0 spiro atoms. The number of aryl methyl sites for hydroxylation is 1. The Kier molecular flexibility index (Phi) is 5.90. The zero-order valence-electron chi connectivity index (χ0n) is 12.9. The number of pyridine rings is 1. The molecule has 0 aromatic carbocycles. The Bertz CT molecular complexity index is 522. The normalized spacial score (nSPS) is 12.8. The summed E-state index contributed by atoms with van der Waals surface area (Å²) in [5.74, 6) is 0. The molecule has 0 fully saturated rings. The van der Waals surface area contributed by atoms with Crippen molar-refractivity contribution in [3.63, 3.8) is 0 Å². The van der Waals surface area contributed by atoms with Crippen molar-refractivity contribution in [2.45, 2.75) is 39.4 Å². The summed E-state index contributed by atoms with van der Waals surface area (Å²) in [6.07, 6.45) is 6.97. The third kappa shape index (κ3) is 4.12. The summed E-state index contributed by atoms with van der Waals surface area (Å²) in [7, 11) is 0. The summed E-state index contributed by atoms with van der Waals surface area (Å²) in [6, 6.07) is 6.20. The molecule has 114 valence electrons. The van der Waals surface area contributed by atoms with Crippen LogP contribution in [0.3, 0.4) is 0 Å². The highest BCUT2D eigenvalue weighted by atomic mass is 15.3. The highest BCUT2D eigenvalue weighted by Gasteiger charge is 2.19. The van der Waals surface area contributed by atoms with Gasteiger partial charge in [-0.1, -0.05) is 19.9 Å². The Morgan fingerprint density at radius 1 is 1.33 bits per heavy atom. The van der Waals surface area contributed by atoms with Crippen LogP contribution < -0.4 is 5.73 Å². The molecule has 1 unspecified atom stereocenters. The van der Waals surface area contributed by atoms with Gasteiger partial charge in [0.25, 0.3) is 0 Å². The SMILES string of the molecule is CCCn1cc(C(CN)N(CC)Cc2ccccn2)cn1. The highest BCUT2D eigenvalue weighted by Crippen LogP contribution is 2.21. The molecule has 5 heteroatoms. The van der Waals surface area contributed by atoms with Gasteiger partial charge >= 0.3 is 0 Å². The first-order valence-corrected chi connectivity index (χ1v) is 7.64. The van der Waals surface area contributed by atoms with Crippen LogP contribution in [0.5, 0.6) is 0 Å². The van der Waals surface area contributed by atoms with E-state index in [0.717, 1.165) is 31.7 Å². The molecule has 0 aliphatic rings. The summed E-state index contributed by atoms with van der Waals surface area (Å²) in [5, 5.41) is 4.42. The molecule has 0 amide bonds. The number of hydrogen-bond acceptors (Lipinski definition) is 4. The van der Waals surface area contributed by atoms with Crippen LogP contribution in [-0.2, 0) is 13.1 Å². The van der Waals surface area contributed by atoms with Crippen molar-refractivity contribution in [1.82, 2.24) is 19.7 Å². The van der Waals surface area contributed by atoms with Gasteiger partial charge in [0.2, 0.25) is 0 Å². The molecule has 2 heterocycles. The lowest BCUT2D eigenvalue weighted by Gasteiger charge is -2.28. The van der Waals surface area contributed by atoms with E-state index in [1.54, 1.807) is 0 Å². The Hall–Kier alpha value is -1.72. The van der Waals surface area contributed by atoms with Crippen molar-refractivity contribution in [2.24, 2.45) is 5.73 Å². The third-order valence-corrected chi connectivity index (χ3v) is 3.65. The Morgan fingerprint density at radius 2 is 2.19 bits per heavy atom. The molecule has 1 atom stereocenters. The van der Waals surface area contributed by atoms with Gasteiger partial charge in [-0.3, -0.25) is 14.6 Å². The van der Waals surface area contributed by atoms with Crippen molar-refractivity contribution >= 4 is 0 Å². The topological polar surface area (TPSA) is 60.0 Å². The summed E-state index contributed by atoms with van der Waals surface area (Å²) < 4.78 is 1.99. The van der Waals surface area contributed by atoms with Crippen LogP contribution in [0.1, 0.15) is 37.6 Å². The van der Waals surface area contributed by atoms with Gasteiger partial charge in [-0.25, -0.2) is 0 Å². The van der Waals surface area contributed by atoms with Crippen molar-refractivity contribution in [2.75, 3.05) is 13.1 Å². The predicted octanol–water partition coefficient (Wildman–Crippen LogP) is 2.21. The number of likely N-dealkylation sites (N-methyl/N-ethyl adjacent to an activating group) is 1. The smallest absolute Gasteiger partial charge is 0.0544 e. The maximum Gasteiger partial charge on any atom is 0.0544 e. The lowest BCUT2D eigenvalue weighted by Crippen LogP contribution is -2.33. The summed E-state index contributed by atoms with van der Waals surface area (Å²) in [6.45, 7) is 7.57. The van der Waals surface area contributed by atoms with E-state index in [2.05, 4.69) is 41.1 Å². The molecule has 2 aromatic heterocycles. The van der Waals surface area contributed by atoms with Crippen LogP contribution in [-0.4, -0.2) is 32.8 Å². The monoisotopic (exact) mass is 287 g/mol. The van der Waals surface area contributed by atoms with Crippen LogP contribution in [0.15, 0.2) is 36.8 Å². The van der Waals surface area contributed by atoms with Gasteiger partial charge in [0.15, 0.2) is 0 Å². The highest BCUT2D eigenvalue weighted by molar-refractivity contribution is 5.12. The van der Waals surface area contributed by atoms with E-state index in [4.69, 9.17) is 5.73 Å². The Labute approximate surface area is 126 Å². The minimum atomic E-state index is 0.183. The van der Waals surface area contributed by atoms with Gasteiger partial charge in [0.1, 0.15) is 0 Å². The maximum absolute atomic E-state index is 6.02. The van der Waals surface area contributed by atoms with E-state index in [-0.39, 0.29) is 6.04 Å². The molecule has 5 nitrogen and oxygen atoms in total. The van der Waals surface area contributed by atoms with Crippen LogP contribution >= 0.6 is 0 Å². The van der Waals surface area contributed by atoms with E-state index in [0.29, 0.717) is 6.54 Å². The van der Waals surface area contributed by atoms with Gasteiger partial charge in [-0.05, 0) is 25.1 Å². The molecule has 21 heavy (non-hydrogen) atoms.